The lowest BCUT2D eigenvalue weighted by molar-refractivity contribution is -0.200. The fourth-order valence-corrected chi connectivity index (χ4v) is 6.15. The highest BCUT2D eigenvalue weighted by atomic mass is 16.7. The number of rotatable bonds is 8. The minimum atomic E-state index is -1.57. The van der Waals surface area contributed by atoms with Gasteiger partial charge in [-0.05, 0) is 63.6 Å². The first-order chi connectivity index (χ1) is 15.7. The van der Waals surface area contributed by atoms with Gasteiger partial charge in [0.1, 0.15) is 5.60 Å². The molecule has 1 aromatic rings. The molecule has 0 bridgehead atoms. The fraction of sp³-hybridized carbons (Fsp3) is 0.615. The van der Waals surface area contributed by atoms with Crippen LogP contribution in [-0.4, -0.2) is 60.8 Å². The number of hydrogen-bond donors (Lipinski definition) is 2. The van der Waals surface area contributed by atoms with Crippen LogP contribution in [0.2, 0.25) is 0 Å². The van der Waals surface area contributed by atoms with Crippen molar-refractivity contribution in [3.8, 4) is 0 Å². The highest BCUT2D eigenvalue weighted by Crippen LogP contribution is 2.64. The van der Waals surface area contributed by atoms with Gasteiger partial charge in [-0.15, -0.1) is 0 Å². The molecule has 182 valence electrons. The molecule has 0 radical (unpaired) electrons. The van der Waals surface area contributed by atoms with E-state index in [0.717, 1.165) is 19.4 Å². The Morgan fingerprint density at radius 1 is 1.27 bits per heavy atom. The van der Waals surface area contributed by atoms with Crippen molar-refractivity contribution in [2.45, 2.75) is 57.6 Å². The number of carboxylic acid groups (broad SMARTS) is 1. The lowest BCUT2D eigenvalue weighted by Gasteiger charge is -2.52. The molecule has 2 aliphatic carbocycles. The second-order valence-corrected chi connectivity index (χ2v) is 10.0. The van der Waals surface area contributed by atoms with E-state index in [1.165, 1.54) is 5.56 Å². The zero-order valence-corrected chi connectivity index (χ0v) is 20.4. The third-order valence-electron chi connectivity index (χ3n) is 7.83. The SMILES string of the molecule is C/C=C/[C@@H]1C(C)C(NOCCN(C)C)[C@]2(OC(=O)C(=O)O)C[C@@H](c3ccccc3)CC[C@]12C. The molecule has 2 N–H and O–H groups in total. The average molecular weight is 459 g/mol. The van der Waals surface area contributed by atoms with E-state index < -0.39 is 23.0 Å². The van der Waals surface area contributed by atoms with E-state index in [1.807, 2.05) is 50.2 Å². The van der Waals surface area contributed by atoms with Crippen LogP contribution in [0.4, 0.5) is 0 Å². The number of carbonyl (C=O) groups excluding carboxylic acids is 1. The lowest BCUT2D eigenvalue weighted by Crippen LogP contribution is -2.61. The summed E-state index contributed by atoms with van der Waals surface area (Å²) in [6.45, 7) is 7.47. The van der Waals surface area contributed by atoms with Gasteiger partial charge < -0.3 is 19.6 Å². The van der Waals surface area contributed by atoms with Crippen LogP contribution in [0.5, 0.6) is 0 Å². The van der Waals surface area contributed by atoms with Crippen LogP contribution < -0.4 is 5.48 Å². The van der Waals surface area contributed by atoms with Crippen LogP contribution >= 0.6 is 0 Å². The Labute approximate surface area is 197 Å². The van der Waals surface area contributed by atoms with Gasteiger partial charge in [0.2, 0.25) is 0 Å². The van der Waals surface area contributed by atoms with E-state index in [0.29, 0.717) is 13.0 Å². The smallest absolute Gasteiger partial charge is 0.417 e. The monoisotopic (exact) mass is 458 g/mol. The topological polar surface area (TPSA) is 88.1 Å². The van der Waals surface area contributed by atoms with Gasteiger partial charge in [0, 0.05) is 12.0 Å². The maximum absolute atomic E-state index is 12.6. The van der Waals surface area contributed by atoms with Crippen molar-refractivity contribution in [2.75, 3.05) is 27.2 Å². The summed E-state index contributed by atoms with van der Waals surface area (Å²) < 4.78 is 6.03. The molecule has 33 heavy (non-hydrogen) atoms. The van der Waals surface area contributed by atoms with Gasteiger partial charge in [-0.25, -0.2) is 9.59 Å². The number of aliphatic carboxylic acids is 1. The number of esters is 1. The number of carboxylic acids is 1. The summed E-state index contributed by atoms with van der Waals surface area (Å²) in [4.78, 5) is 32.1. The van der Waals surface area contributed by atoms with Gasteiger partial charge in [0.25, 0.3) is 0 Å². The summed E-state index contributed by atoms with van der Waals surface area (Å²) in [7, 11) is 3.95. The Hall–Kier alpha value is -2.22. The minimum absolute atomic E-state index is 0.0710. The van der Waals surface area contributed by atoms with E-state index in [2.05, 4.69) is 37.5 Å². The molecule has 0 saturated heterocycles. The van der Waals surface area contributed by atoms with Gasteiger partial charge in [-0.1, -0.05) is 56.3 Å². The van der Waals surface area contributed by atoms with E-state index in [-0.39, 0.29) is 23.8 Å². The minimum Gasteiger partial charge on any atom is -0.473 e. The van der Waals surface area contributed by atoms with Crippen molar-refractivity contribution in [3.63, 3.8) is 0 Å². The van der Waals surface area contributed by atoms with Crippen molar-refractivity contribution < 1.29 is 24.3 Å². The Bertz CT molecular complexity index is 857. The number of nitrogens with zero attached hydrogens (tertiary/aromatic N) is 1. The third-order valence-corrected chi connectivity index (χ3v) is 7.83. The summed E-state index contributed by atoms with van der Waals surface area (Å²) in [5.41, 5.74) is 2.95. The van der Waals surface area contributed by atoms with E-state index in [1.54, 1.807) is 0 Å². The number of hydroxylamine groups is 1. The maximum Gasteiger partial charge on any atom is 0.417 e. The summed E-state index contributed by atoms with van der Waals surface area (Å²) in [5, 5.41) is 9.45. The molecule has 2 saturated carbocycles. The molecule has 0 heterocycles. The van der Waals surface area contributed by atoms with E-state index in [4.69, 9.17) is 9.57 Å². The number of fused-ring (bicyclic) bond motifs is 1. The lowest BCUT2D eigenvalue weighted by atomic mass is 9.58. The van der Waals surface area contributed by atoms with Crippen molar-refractivity contribution >= 4 is 11.9 Å². The Morgan fingerprint density at radius 2 is 1.97 bits per heavy atom. The standard InChI is InChI=1S/C26H38N2O5/c1-6-10-21-18(2)22(27-32-16-15-28(4)5)26(33-24(31)23(29)30)17-20(13-14-25(21,26)3)19-11-8-7-9-12-19/h6-12,18,20-22,27H,13-17H2,1-5H3,(H,29,30)/b10-6+/t18?,20-,21+,22?,25+,26+/m0/s1. The maximum atomic E-state index is 12.6. The number of carbonyl (C=O) groups is 2. The first-order valence-corrected chi connectivity index (χ1v) is 11.8. The fourth-order valence-electron chi connectivity index (χ4n) is 6.15. The first-order valence-electron chi connectivity index (χ1n) is 11.8. The van der Waals surface area contributed by atoms with Crippen molar-refractivity contribution in [1.82, 2.24) is 10.4 Å². The molecule has 2 aliphatic rings. The highest BCUT2D eigenvalue weighted by Gasteiger charge is 2.69. The molecule has 6 atom stereocenters. The molecule has 2 fully saturated rings. The molecule has 0 amide bonds. The third kappa shape index (κ3) is 4.86. The van der Waals surface area contributed by atoms with Crippen LogP contribution in [0.1, 0.15) is 51.5 Å². The zero-order chi connectivity index (χ0) is 24.2. The largest absolute Gasteiger partial charge is 0.473 e. The number of benzene rings is 1. The van der Waals surface area contributed by atoms with E-state index in [9.17, 15) is 14.7 Å². The molecule has 7 nitrogen and oxygen atoms in total. The summed E-state index contributed by atoms with van der Waals surface area (Å²) in [6.07, 6.45) is 6.52. The normalized spacial score (nSPS) is 33.9. The molecule has 1 aromatic carbocycles. The van der Waals surface area contributed by atoms with Crippen molar-refractivity contribution in [2.24, 2.45) is 17.3 Å². The van der Waals surface area contributed by atoms with Crippen LogP contribution in [0.3, 0.4) is 0 Å². The van der Waals surface area contributed by atoms with E-state index >= 15 is 0 Å². The molecule has 7 heteroatoms. The number of hydrogen-bond acceptors (Lipinski definition) is 6. The molecular formula is C26H38N2O5. The van der Waals surface area contributed by atoms with Crippen LogP contribution in [0.25, 0.3) is 0 Å². The van der Waals surface area contributed by atoms with Crippen LogP contribution in [0, 0.1) is 17.3 Å². The van der Waals surface area contributed by atoms with Gasteiger partial charge >= 0.3 is 11.9 Å². The quantitative estimate of drug-likeness (QED) is 0.202. The molecule has 0 aliphatic heterocycles. The van der Waals surface area contributed by atoms with Crippen molar-refractivity contribution in [3.05, 3.63) is 48.0 Å². The summed E-state index contributed by atoms with van der Waals surface area (Å²) in [5.74, 6) is -2.44. The van der Waals surface area contributed by atoms with Gasteiger partial charge in [0.15, 0.2) is 0 Å². The molecule has 3 rings (SSSR count). The predicted molar refractivity (Wildman–Crippen MR) is 126 cm³/mol. The summed E-state index contributed by atoms with van der Waals surface area (Å²) in [6, 6.07) is 9.85. The Kier molecular flexibility index (Phi) is 7.98. The molecule has 2 unspecified atom stereocenters. The average Bonchev–Trinajstić information content (AvgIpc) is 2.95. The molecular weight excluding hydrogens is 420 g/mol. The van der Waals surface area contributed by atoms with Crippen molar-refractivity contribution in [1.29, 1.82) is 0 Å². The first kappa shape index (κ1) is 25.4. The summed E-state index contributed by atoms with van der Waals surface area (Å²) >= 11 is 0. The zero-order valence-electron chi connectivity index (χ0n) is 20.4. The Balaban J connectivity index is 2.04. The molecule has 0 aromatic heterocycles. The van der Waals surface area contributed by atoms with Gasteiger partial charge in [-0.2, -0.15) is 5.48 Å². The highest BCUT2D eigenvalue weighted by molar-refractivity contribution is 6.28. The van der Waals surface area contributed by atoms with Gasteiger partial charge in [-0.3, -0.25) is 0 Å². The second-order valence-electron chi connectivity index (χ2n) is 10.0. The second kappa shape index (κ2) is 10.4. The van der Waals surface area contributed by atoms with Crippen LogP contribution in [0.15, 0.2) is 42.5 Å². The van der Waals surface area contributed by atoms with Gasteiger partial charge in [0.05, 0.1) is 12.6 Å². The number of ether oxygens (including phenoxy) is 1. The number of allylic oxidation sites excluding steroid dienone is 2. The number of likely N-dealkylation sites (N-methyl/N-ethyl adjacent to an activating group) is 1. The Morgan fingerprint density at radius 3 is 2.58 bits per heavy atom. The molecule has 0 spiro atoms. The predicted octanol–water partition coefficient (Wildman–Crippen LogP) is 3.62. The number of nitrogens with one attached hydrogen (secondary N) is 1. The van der Waals surface area contributed by atoms with Crippen LogP contribution in [-0.2, 0) is 19.2 Å².